The van der Waals surface area contributed by atoms with E-state index in [9.17, 15) is 45.4 Å². The second-order valence-corrected chi connectivity index (χ2v) is 7.46. The first-order valence-corrected chi connectivity index (χ1v) is 9.82. The van der Waals surface area contributed by atoms with E-state index in [1.165, 1.54) is 12.1 Å². The standard InChI is InChI=1S/C22H16F7N3O3/c1-11(18(33)22(27,28)29)30-19(34)16-10-17(12-5-7-13(8-6-12)21(24,25)26)31-32(20(16)35)15-4-2-3-14(23)9-15/h2-11,18,33H,1H3,(H,30,34)/t11-,18-/m0/s1. The number of nitrogens with zero attached hydrogens (tertiary/aromatic N) is 2. The minimum Gasteiger partial charge on any atom is -0.382 e. The van der Waals surface area contributed by atoms with Crippen LogP contribution in [0.2, 0.25) is 0 Å². The van der Waals surface area contributed by atoms with Gasteiger partial charge in [-0.25, -0.2) is 4.39 Å². The van der Waals surface area contributed by atoms with E-state index >= 15 is 0 Å². The molecule has 2 aromatic carbocycles. The summed E-state index contributed by atoms with van der Waals surface area (Å²) in [5.74, 6) is -2.09. The van der Waals surface area contributed by atoms with Crippen LogP contribution >= 0.6 is 0 Å². The molecule has 3 aromatic rings. The number of alkyl halides is 6. The minimum absolute atomic E-state index is 0.0283. The number of hydrogen-bond donors (Lipinski definition) is 2. The van der Waals surface area contributed by atoms with Gasteiger partial charge in [-0.05, 0) is 43.3 Å². The Morgan fingerprint density at radius 1 is 1.03 bits per heavy atom. The van der Waals surface area contributed by atoms with Crippen molar-refractivity contribution in [1.82, 2.24) is 15.1 Å². The molecule has 2 N–H and O–H groups in total. The Kier molecular flexibility index (Phi) is 7.01. The lowest BCUT2D eigenvalue weighted by Crippen LogP contribution is -2.49. The summed E-state index contributed by atoms with van der Waals surface area (Å²) in [5, 5.41) is 15.2. The highest BCUT2D eigenvalue weighted by molar-refractivity contribution is 5.95. The predicted octanol–water partition coefficient (Wildman–Crippen LogP) is 4.10. The van der Waals surface area contributed by atoms with E-state index in [0.717, 1.165) is 49.4 Å². The molecule has 0 bridgehead atoms. The molecule has 0 aliphatic carbocycles. The maximum atomic E-state index is 13.7. The first kappa shape index (κ1) is 25.9. The lowest BCUT2D eigenvalue weighted by atomic mass is 10.1. The van der Waals surface area contributed by atoms with Crippen molar-refractivity contribution in [2.45, 2.75) is 31.4 Å². The van der Waals surface area contributed by atoms with Crippen LogP contribution in [0.3, 0.4) is 0 Å². The molecule has 1 amide bonds. The molecule has 3 rings (SSSR count). The molecule has 35 heavy (non-hydrogen) atoms. The van der Waals surface area contributed by atoms with Crippen molar-refractivity contribution < 1.29 is 40.6 Å². The van der Waals surface area contributed by atoms with E-state index in [1.54, 1.807) is 0 Å². The second kappa shape index (κ2) is 9.49. The summed E-state index contributed by atoms with van der Waals surface area (Å²) in [6.45, 7) is 0.860. The smallest absolute Gasteiger partial charge is 0.382 e. The maximum Gasteiger partial charge on any atom is 0.416 e. The fourth-order valence-corrected chi connectivity index (χ4v) is 3.06. The Bertz CT molecular complexity index is 1290. The number of aromatic nitrogens is 2. The Hall–Kier alpha value is -3.74. The number of carbonyl (C=O) groups excluding carboxylic acids is 1. The number of aliphatic hydroxyl groups is 1. The third kappa shape index (κ3) is 5.85. The Morgan fingerprint density at radius 3 is 2.20 bits per heavy atom. The number of aliphatic hydroxyl groups excluding tert-OH is 1. The summed E-state index contributed by atoms with van der Waals surface area (Å²) in [6, 6.07) is 6.95. The van der Waals surface area contributed by atoms with E-state index in [4.69, 9.17) is 0 Å². The normalized spacial score (nSPS) is 13.9. The number of amides is 1. The van der Waals surface area contributed by atoms with Crippen LogP contribution in [0.25, 0.3) is 16.9 Å². The van der Waals surface area contributed by atoms with Gasteiger partial charge in [0, 0.05) is 5.56 Å². The van der Waals surface area contributed by atoms with Gasteiger partial charge in [0.2, 0.25) is 0 Å². The van der Waals surface area contributed by atoms with Crippen LogP contribution in [0.1, 0.15) is 22.8 Å². The van der Waals surface area contributed by atoms with E-state index in [1.807, 2.05) is 5.32 Å². The van der Waals surface area contributed by atoms with Crippen LogP contribution < -0.4 is 10.9 Å². The molecule has 13 heteroatoms. The quantitative estimate of drug-likeness (QED) is 0.514. The Labute approximate surface area is 192 Å². The molecule has 2 atom stereocenters. The number of rotatable bonds is 5. The number of halogens is 7. The first-order chi connectivity index (χ1) is 16.2. The van der Waals surface area contributed by atoms with Crippen molar-refractivity contribution in [1.29, 1.82) is 0 Å². The fourth-order valence-electron chi connectivity index (χ4n) is 3.06. The molecule has 6 nitrogen and oxygen atoms in total. The first-order valence-electron chi connectivity index (χ1n) is 9.82. The van der Waals surface area contributed by atoms with Gasteiger partial charge in [0.05, 0.1) is 23.0 Å². The van der Waals surface area contributed by atoms with Crippen molar-refractivity contribution in [3.05, 3.63) is 81.9 Å². The minimum atomic E-state index is -5.06. The van der Waals surface area contributed by atoms with E-state index in [2.05, 4.69) is 5.10 Å². The molecule has 0 unspecified atom stereocenters. The van der Waals surface area contributed by atoms with Crippen LogP contribution in [-0.4, -0.2) is 39.1 Å². The molecule has 0 aliphatic heterocycles. The van der Waals surface area contributed by atoms with Gasteiger partial charge in [0.15, 0.2) is 6.10 Å². The summed E-state index contributed by atoms with van der Waals surface area (Å²) < 4.78 is 91.3. The van der Waals surface area contributed by atoms with Crippen molar-refractivity contribution in [2.75, 3.05) is 0 Å². The fraction of sp³-hybridized carbons (Fsp3) is 0.227. The Balaban J connectivity index is 2.12. The van der Waals surface area contributed by atoms with Gasteiger partial charge in [-0.3, -0.25) is 9.59 Å². The third-order valence-electron chi connectivity index (χ3n) is 4.88. The molecule has 1 aromatic heterocycles. The SMILES string of the molecule is C[C@H](NC(=O)c1cc(-c2ccc(C(F)(F)F)cc2)nn(-c2cccc(F)c2)c1=O)[C@H](O)C(F)(F)F. The lowest BCUT2D eigenvalue weighted by molar-refractivity contribution is -0.209. The van der Waals surface area contributed by atoms with Crippen LogP contribution in [-0.2, 0) is 6.18 Å². The summed E-state index contributed by atoms with van der Waals surface area (Å²) in [5.41, 5.74) is -3.18. The van der Waals surface area contributed by atoms with Gasteiger partial charge >= 0.3 is 12.4 Å². The number of carbonyl (C=O) groups is 1. The van der Waals surface area contributed by atoms with Crippen LogP contribution in [0.4, 0.5) is 30.7 Å². The monoisotopic (exact) mass is 503 g/mol. The molecular weight excluding hydrogens is 487 g/mol. The molecular formula is C22H16F7N3O3. The highest BCUT2D eigenvalue weighted by Gasteiger charge is 2.42. The van der Waals surface area contributed by atoms with Crippen LogP contribution in [0, 0.1) is 5.82 Å². The average Bonchev–Trinajstić information content (AvgIpc) is 2.77. The molecule has 1 heterocycles. The highest BCUT2D eigenvalue weighted by atomic mass is 19.4. The molecule has 0 aliphatic rings. The topological polar surface area (TPSA) is 84.2 Å². The zero-order valence-corrected chi connectivity index (χ0v) is 17.7. The lowest BCUT2D eigenvalue weighted by Gasteiger charge is -2.22. The zero-order chi connectivity index (χ0) is 26.1. The Morgan fingerprint density at radius 2 is 1.66 bits per heavy atom. The molecule has 186 valence electrons. The molecule has 0 spiro atoms. The van der Waals surface area contributed by atoms with Crippen molar-refractivity contribution in [3.8, 4) is 16.9 Å². The van der Waals surface area contributed by atoms with Crippen LogP contribution in [0.15, 0.2) is 59.4 Å². The van der Waals surface area contributed by atoms with Gasteiger partial charge in [0.25, 0.3) is 11.5 Å². The number of benzene rings is 2. The maximum absolute atomic E-state index is 13.7. The summed E-state index contributed by atoms with van der Waals surface area (Å²) in [7, 11) is 0. The number of hydrogen-bond acceptors (Lipinski definition) is 4. The summed E-state index contributed by atoms with van der Waals surface area (Å²) in [4.78, 5) is 25.6. The van der Waals surface area contributed by atoms with E-state index in [0.29, 0.717) is 4.68 Å². The van der Waals surface area contributed by atoms with Crippen LogP contribution in [0.5, 0.6) is 0 Å². The van der Waals surface area contributed by atoms with Crippen molar-refractivity contribution in [3.63, 3.8) is 0 Å². The van der Waals surface area contributed by atoms with E-state index in [-0.39, 0.29) is 16.9 Å². The third-order valence-corrected chi connectivity index (χ3v) is 4.88. The van der Waals surface area contributed by atoms with Gasteiger partial charge in [0.1, 0.15) is 11.4 Å². The second-order valence-electron chi connectivity index (χ2n) is 7.46. The van der Waals surface area contributed by atoms with E-state index < -0.39 is 52.9 Å². The molecule has 0 saturated carbocycles. The highest BCUT2D eigenvalue weighted by Crippen LogP contribution is 2.30. The zero-order valence-electron chi connectivity index (χ0n) is 17.7. The average molecular weight is 503 g/mol. The predicted molar refractivity (Wildman–Crippen MR) is 109 cm³/mol. The van der Waals surface area contributed by atoms with Gasteiger partial charge in [-0.15, -0.1) is 0 Å². The van der Waals surface area contributed by atoms with Gasteiger partial charge in [-0.2, -0.15) is 36.1 Å². The largest absolute Gasteiger partial charge is 0.416 e. The molecule has 0 saturated heterocycles. The van der Waals surface area contributed by atoms with Gasteiger partial charge < -0.3 is 10.4 Å². The molecule has 0 radical (unpaired) electrons. The molecule has 0 fully saturated rings. The summed E-state index contributed by atoms with van der Waals surface area (Å²) >= 11 is 0. The summed E-state index contributed by atoms with van der Waals surface area (Å²) in [6.07, 6.45) is -12.6. The number of nitrogens with one attached hydrogen (secondary N) is 1. The van der Waals surface area contributed by atoms with Crippen molar-refractivity contribution in [2.24, 2.45) is 0 Å². The van der Waals surface area contributed by atoms with Crippen molar-refractivity contribution >= 4 is 5.91 Å². The van der Waals surface area contributed by atoms with Gasteiger partial charge in [-0.1, -0.05) is 18.2 Å².